The number of pyridine rings is 1. The predicted octanol–water partition coefficient (Wildman–Crippen LogP) is 3.26. The third kappa shape index (κ3) is 2.20. The molecule has 1 aliphatic carbocycles. The number of aryl methyl sites for hydroxylation is 4. The molecule has 5 heteroatoms. The molecule has 1 aliphatic rings. The number of nitrogens with one attached hydrogen (secondary N) is 1. The molecule has 0 saturated heterocycles. The molecule has 3 rings (SSSR count). The highest BCUT2D eigenvalue weighted by Crippen LogP contribution is 2.33. The number of hydrogen-bond acceptors (Lipinski definition) is 5. The topological polar surface area (TPSA) is 61.6 Å². The van der Waals surface area contributed by atoms with Crippen LogP contribution in [0, 0.1) is 25.2 Å². The van der Waals surface area contributed by atoms with Crippen LogP contribution in [0.4, 0.5) is 10.8 Å². The molecule has 2 aromatic heterocycles. The molecule has 19 heavy (non-hydrogen) atoms. The molecule has 1 N–H and O–H groups in total. The van der Waals surface area contributed by atoms with E-state index in [1.807, 2.05) is 19.9 Å². The van der Waals surface area contributed by atoms with Crippen molar-refractivity contribution in [2.75, 3.05) is 5.32 Å². The normalized spacial score (nSPS) is 13.1. The summed E-state index contributed by atoms with van der Waals surface area (Å²) in [6.45, 7) is 3.79. The average molecular weight is 270 g/mol. The lowest BCUT2D eigenvalue weighted by Crippen LogP contribution is -1.99. The maximum atomic E-state index is 9.24. The van der Waals surface area contributed by atoms with E-state index in [4.69, 9.17) is 0 Å². The lowest BCUT2D eigenvalue weighted by atomic mass is 10.1. The number of rotatable bonds is 2. The molecule has 0 aromatic carbocycles. The SMILES string of the molecule is Cc1cc(Nc2nc3c(s2)CCC3)c(C#N)c(C)n1. The van der Waals surface area contributed by atoms with E-state index in [1.54, 1.807) is 11.3 Å². The summed E-state index contributed by atoms with van der Waals surface area (Å²) >= 11 is 1.70. The maximum absolute atomic E-state index is 9.24. The van der Waals surface area contributed by atoms with Crippen LogP contribution in [0.15, 0.2) is 6.07 Å². The Labute approximate surface area is 116 Å². The van der Waals surface area contributed by atoms with Gasteiger partial charge >= 0.3 is 0 Å². The fourth-order valence-electron chi connectivity index (χ4n) is 2.43. The van der Waals surface area contributed by atoms with Crippen LogP contribution >= 0.6 is 11.3 Å². The van der Waals surface area contributed by atoms with E-state index in [-0.39, 0.29) is 0 Å². The van der Waals surface area contributed by atoms with Crippen LogP contribution in [0.5, 0.6) is 0 Å². The van der Waals surface area contributed by atoms with Gasteiger partial charge in [-0.15, -0.1) is 11.3 Å². The molecule has 0 radical (unpaired) electrons. The van der Waals surface area contributed by atoms with Gasteiger partial charge in [-0.05, 0) is 39.2 Å². The first-order valence-corrected chi connectivity index (χ1v) is 7.13. The van der Waals surface area contributed by atoms with Gasteiger partial charge < -0.3 is 5.32 Å². The minimum Gasteiger partial charge on any atom is -0.330 e. The van der Waals surface area contributed by atoms with Gasteiger partial charge in [0.2, 0.25) is 0 Å². The lowest BCUT2D eigenvalue weighted by Gasteiger charge is -2.08. The summed E-state index contributed by atoms with van der Waals surface area (Å²) in [5.74, 6) is 0. The minimum absolute atomic E-state index is 0.598. The van der Waals surface area contributed by atoms with E-state index in [0.29, 0.717) is 5.56 Å². The van der Waals surface area contributed by atoms with Crippen molar-refractivity contribution >= 4 is 22.2 Å². The Morgan fingerprint density at radius 2 is 2.16 bits per heavy atom. The van der Waals surface area contributed by atoms with Crippen molar-refractivity contribution in [3.8, 4) is 6.07 Å². The number of nitrogens with zero attached hydrogens (tertiary/aromatic N) is 3. The second-order valence-corrected chi connectivity index (χ2v) is 5.83. The molecule has 96 valence electrons. The number of anilines is 2. The van der Waals surface area contributed by atoms with Gasteiger partial charge in [0.15, 0.2) is 5.13 Å². The number of fused-ring (bicyclic) bond motifs is 1. The average Bonchev–Trinajstić information content (AvgIpc) is 2.88. The molecule has 0 fully saturated rings. The van der Waals surface area contributed by atoms with Crippen molar-refractivity contribution in [3.05, 3.63) is 33.6 Å². The van der Waals surface area contributed by atoms with Crippen LogP contribution < -0.4 is 5.32 Å². The van der Waals surface area contributed by atoms with Gasteiger partial charge in [0.1, 0.15) is 6.07 Å². The fraction of sp³-hybridized carbons (Fsp3) is 0.357. The fourth-order valence-corrected chi connectivity index (χ4v) is 3.49. The third-order valence-electron chi connectivity index (χ3n) is 3.28. The van der Waals surface area contributed by atoms with Gasteiger partial charge in [-0.1, -0.05) is 0 Å². The van der Waals surface area contributed by atoms with Crippen molar-refractivity contribution in [2.24, 2.45) is 0 Å². The summed E-state index contributed by atoms with van der Waals surface area (Å²) in [6.07, 6.45) is 3.42. The number of aromatic nitrogens is 2. The van der Waals surface area contributed by atoms with E-state index in [1.165, 1.54) is 17.0 Å². The smallest absolute Gasteiger partial charge is 0.187 e. The molecule has 0 aliphatic heterocycles. The minimum atomic E-state index is 0.598. The van der Waals surface area contributed by atoms with Crippen molar-refractivity contribution in [2.45, 2.75) is 33.1 Å². The molecule has 0 amide bonds. The zero-order valence-electron chi connectivity index (χ0n) is 10.9. The summed E-state index contributed by atoms with van der Waals surface area (Å²) < 4.78 is 0. The first-order chi connectivity index (χ1) is 9.17. The number of hydrogen-bond donors (Lipinski definition) is 1. The van der Waals surface area contributed by atoms with E-state index in [9.17, 15) is 5.26 Å². The van der Waals surface area contributed by atoms with Crippen molar-refractivity contribution in [1.29, 1.82) is 5.26 Å². The van der Waals surface area contributed by atoms with Crippen LogP contribution in [-0.4, -0.2) is 9.97 Å². The second kappa shape index (κ2) is 4.63. The van der Waals surface area contributed by atoms with Gasteiger partial charge in [0.25, 0.3) is 0 Å². The van der Waals surface area contributed by atoms with Crippen LogP contribution in [0.1, 0.15) is 33.9 Å². The Morgan fingerprint density at radius 1 is 1.32 bits per heavy atom. The quantitative estimate of drug-likeness (QED) is 0.909. The van der Waals surface area contributed by atoms with E-state index in [0.717, 1.165) is 35.0 Å². The monoisotopic (exact) mass is 270 g/mol. The Bertz CT molecular complexity index is 660. The van der Waals surface area contributed by atoms with Crippen LogP contribution in [-0.2, 0) is 12.8 Å². The number of thiazole rings is 1. The first kappa shape index (κ1) is 12.1. The molecule has 0 unspecified atom stereocenters. The standard InChI is InChI=1S/C14H14N4S/c1-8-6-12(10(7-15)9(2)16-8)18-14-17-11-4-3-5-13(11)19-14/h6H,3-5H2,1-2H3,(H,16,17,18). The molecule has 4 nitrogen and oxygen atoms in total. The van der Waals surface area contributed by atoms with Crippen LogP contribution in [0.2, 0.25) is 0 Å². The molecule has 0 spiro atoms. The summed E-state index contributed by atoms with van der Waals surface area (Å²) in [6, 6.07) is 4.11. The van der Waals surface area contributed by atoms with E-state index < -0.39 is 0 Å². The number of nitriles is 1. The van der Waals surface area contributed by atoms with Crippen molar-refractivity contribution in [1.82, 2.24) is 9.97 Å². The second-order valence-electron chi connectivity index (χ2n) is 4.75. The molecular formula is C14H14N4S. The van der Waals surface area contributed by atoms with Gasteiger partial charge in [-0.3, -0.25) is 4.98 Å². The molecule has 2 aromatic rings. The molecule has 0 bridgehead atoms. The Morgan fingerprint density at radius 3 is 2.89 bits per heavy atom. The van der Waals surface area contributed by atoms with E-state index >= 15 is 0 Å². The van der Waals surface area contributed by atoms with Gasteiger partial charge in [0, 0.05) is 10.6 Å². The van der Waals surface area contributed by atoms with Crippen molar-refractivity contribution < 1.29 is 0 Å². The van der Waals surface area contributed by atoms with E-state index in [2.05, 4.69) is 21.4 Å². The third-order valence-corrected chi connectivity index (χ3v) is 4.35. The largest absolute Gasteiger partial charge is 0.330 e. The highest BCUT2D eigenvalue weighted by atomic mass is 32.1. The Kier molecular flexibility index (Phi) is 2.96. The van der Waals surface area contributed by atoms with Crippen LogP contribution in [0.25, 0.3) is 0 Å². The van der Waals surface area contributed by atoms with Gasteiger partial charge in [-0.2, -0.15) is 5.26 Å². The Balaban J connectivity index is 1.96. The molecule has 0 atom stereocenters. The molecule has 0 saturated carbocycles. The zero-order valence-corrected chi connectivity index (χ0v) is 11.8. The van der Waals surface area contributed by atoms with Gasteiger partial charge in [-0.25, -0.2) is 4.98 Å². The summed E-state index contributed by atoms with van der Waals surface area (Å²) in [5.41, 5.74) is 4.28. The highest BCUT2D eigenvalue weighted by molar-refractivity contribution is 7.15. The summed E-state index contributed by atoms with van der Waals surface area (Å²) in [4.78, 5) is 10.3. The highest BCUT2D eigenvalue weighted by Gasteiger charge is 2.17. The first-order valence-electron chi connectivity index (χ1n) is 6.31. The molecular weight excluding hydrogens is 256 g/mol. The van der Waals surface area contributed by atoms with Crippen molar-refractivity contribution in [3.63, 3.8) is 0 Å². The zero-order chi connectivity index (χ0) is 13.4. The van der Waals surface area contributed by atoms with Crippen LogP contribution in [0.3, 0.4) is 0 Å². The Hall–Kier alpha value is -1.93. The summed E-state index contributed by atoms with van der Waals surface area (Å²) in [5, 5.41) is 13.4. The lowest BCUT2D eigenvalue weighted by molar-refractivity contribution is 0.900. The van der Waals surface area contributed by atoms with Gasteiger partial charge in [0.05, 0.1) is 22.6 Å². The predicted molar refractivity (Wildman–Crippen MR) is 75.8 cm³/mol. The molecule has 2 heterocycles. The summed E-state index contributed by atoms with van der Waals surface area (Å²) in [7, 11) is 0. The maximum Gasteiger partial charge on any atom is 0.187 e.